The Balaban J connectivity index is 1.95. The number of carbonyl (C=O) groups is 1. The van der Waals surface area contributed by atoms with E-state index in [2.05, 4.69) is 0 Å². The van der Waals surface area contributed by atoms with E-state index in [0.717, 1.165) is 23.5 Å². The molecule has 0 saturated heterocycles. The first-order valence-corrected chi connectivity index (χ1v) is 8.28. The second-order valence-electron chi connectivity index (χ2n) is 6.06. The van der Waals surface area contributed by atoms with Gasteiger partial charge in [-0.15, -0.1) is 0 Å². The topological polar surface area (TPSA) is 48.0 Å². The van der Waals surface area contributed by atoms with Crippen molar-refractivity contribution in [3.8, 4) is 17.2 Å². The van der Waals surface area contributed by atoms with Crippen molar-refractivity contribution < 1.29 is 19.0 Å². The number of hydrogen-bond acceptors (Lipinski definition) is 4. The number of nitrogens with zero attached hydrogens (tertiary/aromatic N) is 1. The van der Waals surface area contributed by atoms with Crippen LogP contribution in [0.1, 0.15) is 34.5 Å². The van der Waals surface area contributed by atoms with Crippen LogP contribution in [0, 0.1) is 0 Å². The summed E-state index contributed by atoms with van der Waals surface area (Å²) in [6.45, 7) is 2.69. The highest BCUT2D eigenvalue weighted by atomic mass is 16.5. The van der Waals surface area contributed by atoms with Gasteiger partial charge < -0.3 is 19.1 Å². The Morgan fingerprint density at radius 3 is 2.48 bits per heavy atom. The Morgan fingerprint density at radius 1 is 1.04 bits per heavy atom. The molecule has 0 spiro atoms. The van der Waals surface area contributed by atoms with Gasteiger partial charge in [-0.3, -0.25) is 4.79 Å². The van der Waals surface area contributed by atoms with Gasteiger partial charge >= 0.3 is 0 Å². The molecule has 3 rings (SSSR count). The van der Waals surface area contributed by atoms with Crippen molar-refractivity contribution in [1.29, 1.82) is 0 Å². The van der Waals surface area contributed by atoms with Crippen molar-refractivity contribution in [2.24, 2.45) is 0 Å². The van der Waals surface area contributed by atoms with Crippen LogP contribution >= 0.6 is 0 Å². The van der Waals surface area contributed by atoms with Crippen molar-refractivity contribution in [1.82, 2.24) is 4.90 Å². The molecule has 5 nitrogen and oxygen atoms in total. The average Bonchev–Trinajstić information content (AvgIpc) is 2.66. The summed E-state index contributed by atoms with van der Waals surface area (Å²) >= 11 is 0. The molecule has 0 aliphatic carbocycles. The van der Waals surface area contributed by atoms with Crippen LogP contribution in [0.4, 0.5) is 0 Å². The number of rotatable bonds is 4. The minimum absolute atomic E-state index is 0.00470. The summed E-state index contributed by atoms with van der Waals surface area (Å²) in [6, 6.07) is 11.1. The zero-order valence-corrected chi connectivity index (χ0v) is 15.0. The summed E-state index contributed by atoms with van der Waals surface area (Å²) in [5.41, 5.74) is 2.84. The molecule has 1 heterocycles. The fraction of sp³-hybridized carbons (Fsp3) is 0.350. The summed E-state index contributed by atoms with van der Waals surface area (Å²) in [7, 11) is 4.89. The zero-order chi connectivity index (χ0) is 18.0. The largest absolute Gasteiger partial charge is 0.497 e. The first kappa shape index (κ1) is 17.1. The van der Waals surface area contributed by atoms with Gasteiger partial charge in [-0.1, -0.05) is 6.07 Å². The molecule has 1 atom stereocenters. The Bertz CT molecular complexity index is 770. The molecule has 132 valence electrons. The van der Waals surface area contributed by atoms with Gasteiger partial charge in [-0.2, -0.15) is 0 Å². The molecule has 1 aliphatic rings. The SMILES string of the molecule is COc1cccc(C(=O)N2CCc3cc(OC)cc(OC)c3C2C)c1. The van der Waals surface area contributed by atoms with Crippen molar-refractivity contribution in [3.63, 3.8) is 0 Å². The number of methoxy groups -OCH3 is 3. The molecule has 1 amide bonds. The predicted molar refractivity (Wildman–Crippen MR) is 95.7 cm³/mol. The maximum atomic E-state index is 13.0. The fourth-order valence-corrected chi connectivity index (χ4v) is 3.41. The van der Waals surface area contributed by atoms with Crippen LogP contribution in [-0.4, -0.2) is 38.7 Å². The van der Waals surface area contributed by atoms with Crippen LogP contribution < -0.4 is 14.2 Å². The molecule has 2 aromatic rings. The van der Waals surface area contributed by atoms with Crippen LogP contribution in [0.5, 0.6) is 17.2 Å². The van der Waals surface area contributed by atoms with Crippen LogP contribution in [-0.2, 0) is 6.42 Å². The molecule has 0 radical (unpaired) electrons. The lowest BCUT2D eigenvalue weighted by Crippen LogP contribution is -2.39. The lowest BCUT2D eigenvalue weighted by molar-refractivity contribution is 0.0674. The van der Waals surface area contributed by atoms with E-state index in [1.807, 2.05) is 42.2 Å². The summed E-state index contributed by atoms with van der Waals surface area (Å²) < 4.78 is 16.1. The molecule has 0 saturated carbocycles. The van der Waals surface area contributed by atoms with Crippen LogP contribution in [0.15, 0.2) is 36.4 Å². The lowest BCUT2D eigenvalue weighted by atomic mass is 9.91. The van der Waals surface area contributed by atoms with Crippen LogP contribution in [0.25, 0.3) is 0 Å². The number of carbonyl (C=O) groups excluding carboxylic acids is 1. The number of fused-ring (bicyclic) bond motifs is 1. The Kier molecular flexibility index (Phi) is 4.83. The first-order valence-electron chi connectivity index (χ1n) is 8.28. The summed E-state index contributed by atoms with van der Waals surface area (Å²) in [6.07, 6.45) is 0.767. The molecule has 1 unspecified atom stereocenters. The van der Waals surface area contributed by atoms with Crippen LogP contribution in [0.2, 0.25) is 0 Å². The zero-order valence-electron chi connectivity index (χ0n) is 15.0. The van der Waals surface area contributed by atoms with Gasteiger partial charge in [0.05, 0.1) is 27.4 Å². The molecule has 25 heavy (non-hydrogen) atoms. The normalized spacial score (nSPS) is 16.2. The smallest absolute Gasteiger partial charge is 0.254 e. The fourth-order valence-electron chi connectivity index (χ4n) is 3.41. The van der Waals surface area contributed by atoms with Gasteiger partial charge in [0.2, 0.25) is 0 Å². The van der Waals surface area contributed by atoms with Crippen molar-refractivity contribution in [2.75, 3.05) is 27.9 Å². The standard InChI is InChI=1S/C20H23NO4/c1-13-19-14(10-17(24-3)12-18(19)25-4)8-9-21(13)20(22)15-6-5-7-16(11-15)23-2/h5-7,10-13H,8-9H2,1-4H3. The van der Waals surface area contributed by atoms with E-state index in [9.17, 15) is 4.79 Å². The summed E-state index contributed by atoms with van der Waals surface area (Å²) in [5.74, 6) is 2.20. The maximum Gasteiger partial charge on any atom is 0.254 e. The monoisotopic (exact) mass is 341 g/mol. The van der Waals surface area contributed by atoms with Gasteiger partial charge in [0, 0.05) is 23.7 Å². The first-order chi connectivity index (χ1) is 12.1. The van der Waals surface area contributed by atoms with Gasteiger partial charge in [0.25, 0.3) is 5.91 Å². The van der Waals surface area contributed by atoms with E-state index in [1.165, 1.54) is 5.56 Å². The van der Waals surface area contributed by atoms with Crippen molar-refractivity contribution >= 4 is 5.91 Å². The summed E-state index contributed by atoms with van der Waals surface area (Å²) in [4.78, 5) is 14.9. The molecule has 2 aromatic carbocycles. The van der Waals surface area contributed by atoms with Gasteiger partial charge in [0.15, 0.2) is 0 Å². The third kappa shape index (κ3) is 3.14. The third-order valence-electron chi connectivity index (χ3n) is 4.74. The van der Waals surface area contributed by atoms with Crippen molar-refractivity contribution in [2.45, 2.75) is 19.4 Å². The van der Waals surface area contributed by atoms with Gasteiger partial charge in [0.1, 0.15) is 17.2 Å². The second kappa shape index (κ2) is 7.05. The predicted octanol–water partition coefficient (Wildman–Crippen LogP) is 3.47. The number of ether oxygens (including phenoxy) is 3. The highest BCUT2D eigenvalue weighted by Gasteiger charge is 2.31. The highest BCUT2D eigenvalue weighted by Crippen LogP contribution is 2.39. The van der Waals surface area contributed by atoms with E-state index in [4.69, 9.17) is 14.2 Å². The Hall–Kier alpha value is -2.69. The Labute approximate surface area is 148 Å². The average molecular weight is 341 g/mol. The molecule has 1 aliphatic heterocycles. The third-order valence-corrected chi connectivity index (χ3v) is 4.74. The number of benzene rings is 2. The molecule has 0 aromatic heterocycles. The maximum absolute atomic E-state index is 13.0. The summed E-state index contributed by atoms with van der Waals surface area (Å²) in [5, 5.41) is 0. The van der Waals surface area contributed by atoms with Crippen molar-refractivity contribution in [3.05, 3.63) is 53.1 Å². The number of hydrogen-bond donors (Lipinski definition) is 0. The lowest BCUT2D eigenvalue weighted by Gasteiger charge is -2.36. The molecular formula is C20H23NO4. The molecule has 0 bridgehead atoms. The minimum Gasteiger partial charge on any atom is -0.497 e. The second-order valence-corrected chi connectivity index (χ2v) is 6.06. The van der Waals surface area contributed by atoms with Gasteiger partial charge in [-0.25, -0.2) is 0 Å². The Morgan fingerprint density at radius 2 is 1.80 bits per heavy atom. The number of amides is 1. The van der Waals surface area contributed by atoms with E-state index < -0.39 is 0 Å². The quantitative estimate of drug-likeness (QED) is 0.854. The minimum atomic E-state index is -0.0803. The van der Waals surface area contributed by atoms with Gasteiger partial charge in [-0.05, 0) is 43.2 Å². The van der Waals surface area contributed by atoms with Crippen LogP contribution in [0.3, 0.4) is 0 Å². The van der Waals surface area contributed by atoms with E-state index >= 15 is 0 Å². The molecular weight excluding hydrogens is 318 g/mol. The molecule has 0 fully saturated rings. The molecule has 0 N–H and O–H groups in total. The molecule has 5 heteroatoms. The van der Waals surface area contributed by atoms with E-state index in [-0.39, 0.29) is 11.9 Å². The van der Waals surface area contributed by atoms with E-state index in [1.54, 1.807) is 27.4 Å². The highest BCUT2D eigenvalue weighted by molar-refractivity contribution is 5.95. The van der Waals surface area contributed by atoms with E-state index in [0.29, 0.717) is 17.9 Å².